The molecule has 0 saturated carbocycles. The Labute approximate surface area is 103 Å². The molecule has 2 N–H and O–H groups in total. The van der Waals surface area contributed by atoms with E-state index in [2.05, 4.69) is 9.97 Å². The lowest BCUT2D eigenvalue weighted by Crippen LogP contribution is -2.02. The van der Waals surface area contributed by atoms with Gasteiger partial charge in [0.2, 0.25) is 0 Å². The van der Waals surface area contributed by atoms with E-state index >= 15 is 0 Å². The summed E-state index contributed by atoms with van der Waals surface area (Å²) in [5.74, 6) is 0.413. The van der Waals surface area contributed by atoms with Gasteiger partial charge in [0.05, 0.1) is 6.54 Å². The van der Waals surface area contributed by atoms with Gasteiger partial charge in [0.25, 0.3) is 0 Å². The molecule has 0 radical (unpaired) electrons. The van der Waals surface area contributed by atoms with Gasteiger partial charge in [-0.25, -0.2) is 14.4 Å². The van der Waals surface area contributed by atoms with Crippen LogP contribution >= 0.6 is 0 Å². The molecule has 90 valence electrons. The summed E-state index contributed by atoms with van der Waals surface area (Å²) in [6, 6.07) is 8.11. The van der Waals surface area contributed by atoms with Gasteiger partial charge in [0, 0.05) is 18.0 Å². The first-order valence-electron chi connectivity index (χ1n) is 5.57. The first-order valence-corrected chi connectivity index (χ1v) is 5.57. The maximum absolute atomic E-state index is 13.3. The van der Waals surface area contributed by atoms with Crippen LogP contribution in [0.1, 0.15) is 5.82 Å². The fourth-order valence-corrected chi connectivity index (χ4v) is 1.96. The van der Waals surface area contributed by atoms with Crippen molar-refractivity contribution in [1.82, 2.24) is 14.4 Å². The molecule has 5 heteroatoms. The second-order valence-corrected chi connectivity index (χ2v) is 3.90. The standard InChI is InChI=1S/C13H11FN4/c14-10-4-1-3-9(7-10)12-13-16-5-2-6-18(13)11(8-15)17-12/h1-7H,8,15H2. The average Bonchev–Trinajstić information content (AvgIpc) is 2.77. The molecule has 0 aliphatic carbocycles. The van der Waals surface area contributed by atoms with Crippen molar-refractivity contribution in [3.63, 3.8) is 0 Å². The number of fused-ring (bicyclic) bond motifs is 1. The maximum Gasteiger partial charge on any atom is 0.164 e. The van der Waals surface area contributed by atoms with Crippen molar-refractivity contribution in [1.29, 1.82) is 0 Å². The van der Waals surface area contributed by atoms with E-state index in [4.69, 9.17) is 5.73 Å². The van der Waals surface area contributed by atoms with Crippen LogP contribution in [0.4, 0.5) is 4.39 Å². The highest BCUT2D eigenvalue weighted by molar-refractivity contribution is 5.74. The lowest BCUT2D eigenvalue weighted by molar-refractivity contribution is 0.628. The Balaban J connectivity index is 2.29. The zero-order chi connectivity index (χ0) is 12.5. The third-order valence-electron chi connectivity index (χ3n) is 2.76. The first-order chi connectivity index (χ1) is 8.79. The molecule has 18 heavy (non-hydrogen) atoms. The van der Waals surface area contributed by atoms with Crippen LogP contribution < -0.4 is 5.73 Å². The van der Waals surface area contributed by atoms with Gasteiger partial charge in [-0.05, 0) is 18.2 Å². The number of benzene rings is 1. The molecule has 3 aromatic rings. The normalized spacial score (nSPS) is 11.0. The van der Waals surface area contributed by atoms with Gasteiger partial charge in [0.1, 0.15) is 17.3 Å². The van der Waals surface area contributed by atoms with Gasteiger partial charge < -0.3 is 5.73 Å². The lowest BCUT2D eigenvalue weighted by Gasteiger charge is -1.98. The van der Waals surface area contributed by atoms with Gasteiger partial charge in [-0.1, -0.05) is 12.1 Å². The molecule has 2 heterocycles. The summed E-state index contributed by atoms with van der Waals surface area (Å²) in [6.45, 7) is 0.308. The number of nitrogens with two attached hydrogens (primary N) is 1. The van der Waals surface area contributed by atoms with Gasteiger partial charge in [-0.15, -0.1) is 0 Å². The predicted molar refractivity (Wildman–Crippen MR) is 66.3 cm³/mol. The number of imidazole rings is 1. The maximum atomic E-state index is 13.3. The topological polar surface area (TPSA) is 56.2 Å². The van der Waals surface area contributed by atoms with Crippen LogP contribution in [0, 0.1) is 5.82 Å². The van der Waals surface area contributed by atoms with Crippen LogP contribution in [0.25, 0.3) is 16.9 Å². The quantitative estimate of drug-likeness (QED) is 0.747. The highest BCUT2D eigenvalue weighted by Crippen LogP contribution is 2.23. The zero-order valence-corrected chi connectivity index (χ0v) is 9.55. The number of rotatable bonds is 2. The molecular weight excluding hydrogens is 231 g/mol. The van der Waals surface area contributed by atoms with Crippen molar-refractivity contribution in [2.24, 2.45) is 5.73 Å². The number of hydrogen-bond acceptors (Lipinski definition) is 3. The summed E-state index contributed by atoms with van der Waals surface area (Å²) >= 11 is 0. The molecule has 1 aromatic carbocycles. The van der Waals surface area contributed by atoms with Crippen LogP contribution in [0.5, 0.6) is 0 Å². The molecule has 0 saturated heterocycles. The Hall–Kier alpha value is -2.27. The van der Waals surface area contributed by atoms with Crippen LogP contribution in [0.15, 0.2) is 42.7 Å². The minimum atomic E-state index is -0.293. The van der Waals surface area contributed by atoms with Crippen molar-refractivity contribution in [3.05, 3.63) is 54.4 Å². The summed E-state index contributed by atoms with van der Waals surface area (Å²) in [5, 5.41) is 0. The van der Waals surface area contributed by atoms with E-state index in [-0.39, 0.29) is 5.82 Å². The molecule has 0 fully saturated rings. The fraction of sp³-hybridized carbons (Fsp3) is 0.0769. The van der Waals surface area contributed by atoms with Crippen molar-refractivity contribution < 1.29 is 4.39 Å². The first kappa shape index (κ1) is 10.9. The highest BCUT2D eigenvalue weighted by Gasteiger charge is 2.12. The van der Waals surface area contributed by atoms with Crippen molar-refractivity contribution in [3.8, 4) is 11.3 Å². The molecule has 2 aromatic heterocycles. The lowest BCUT2D eigenvalue weighted by atomic mass is 10.1. The molecule has 0 unspecified atom stereocenters. The number of halogens is 1. The fourth-order valence-electron chi connectivity index (χ4n) is 1.96. The van der Waals surface area contributed by atoms with E-state index in [1.807, 2.05) is 16.7 Å². The second kappa shape index (κ2) is 4.19. The Morgan fingerprint density at radius 2 is 2.17 bits per heavy atom. The minimum Gasteiger partial charge on any atom is -0.324 e. The Kier molecular flexibility index (Phi) is 2.53. The van der Waals surface area contributed by atoms with E-state index in [1.54, 1.807) is 18.3 Å². The molecule has 0 atom stereocenters. The van der Waals surface area contributed by atoms with E-state index in [0.29, 0.717) is 29.3 Å². The van der Waals surface area contributed by atoms with Gasteiger partial charge in [-0.3, -0.25) is 4.40 Å². The Morgan fingerprint density at radius 1 is 1.28 bits per heavy atom. The molecule has 0 aliphatic heterocycles. The average molecular weight is 242 g/mol. The van der Waals surface area contributed by atoms with E-state index in [9.17, 15) is 4.39 Å². The third kappa shape index (κ3) is 1.65. The van der Waals surface area contributed by atoms with Crippen molar-refractivity contribution in [2.75, 3.05) is 0 Å². The molecular formula is C13H11FN4. The predicted octanol–water partition coefficient (Wildman–Crippen LogP) is 1.99. The number of nitrogens with zero attached hydrogens (tertiary/aromatic N) is 3. The van der Waals surface area contributed by atoms with Crippen LogP contribution in [0.2, 0.25) is 0 Å². The molecule has 0 amide bonds. The largest absolute Gasteiger partial charge is 0.324 e. The van der Waals surface area contributed by atoms with Gasteiger partial charge in [-0.2, -0.15) is 0 Å². The smallest absolute Gasteiger partial charge is 0.164 e. The summed E-state index contributed by atoms with van der Waals surface area (Å²) in [7, 11) is 0. The third-order valence-corrected chi connectivity index (χ3v) is 2.76. The molecule has 3 rings (SSSR count). The van der Waals surface area contributed by atoms with E-state index in [0.717, 1.165) is 0 Å². The van der Waals surface area contributed by atoms with Crippen LogP contribution in [-0.4, -0.2) is 14.4 Å². The van der Waals surface area contributed by atoms with E-state index in [1.165, 1.54) is 12.1 Å². The highest BCUT2D eigenvalue weighted by atomic mass is 19.1. The molecule has 0 spiro atoms. The van der Waals surface area contributed by atoms with Crippen molar-refractivity contribution in [2.45, 2.75) is 6.54 Å². The van der Waals surface area contributed by atoms with Crippen LogP contribution in [-0.2, 0) is 6.54 Å². The SMILES string of the molecule is NCc1nc(-c2cccc(F)c2)c2ncccn12. The summed E-state index contributed by atoms with van der Waals surface area (Å²) < 4.78 is 15.1. The van der Waals surface area contributed by atoms with Gasteiger partial charge >= 0.3 is 0 Å². The zero-order valence-electron chi connectivity index (χ0n) is 9.55. The summed E-state index contributed by atoms with van der Waals surface area (Å²) in [4.78, 5) is 8.71. The minimum absolute atomic E-state index is 0.293. The monoisotopic (exact) mass is 242 g/mol. The van der Waals surface area contributed by atoms with E-state index < -0.39 is 0 Å². The van der Waals surface area contributed by atoms with Gasteiger partial charge in [0.15, 0.2) is 5.65 Å². The van der Waals surface area contributed by atoms with Crippen molar-refractivity contribution >= 4 is 5.65 Å². The number of aromatic nitrogens is 3. The molecule has 0 aliphatic rings. The van der Waals surface area contributed by atoms with Crippen LogP contribution in [0.3, 0.4) is 0 Å². The Morgan fingerprint density at radius 3 is 2.94 bits per heavy atom. The second-order valence-electron chi connectivity index (χ2n) is 3.90. The number of hydrogen-bond donors (Lipinski definition) is 1. The summed E-state index contributed by atoms with van der Waals surface area (Å²) in [6.07, 6.45) is 3.53. The summed E-state index contributed by atoms with van der Waals surface area (Å²) in [5.41, 5.74) is 7.68. The molecule has 4 nitrogen and oxygen atoms in total. The Bertz CT molecular complexity index is 705. The molecule has 0 bridgehead atoms.